The molecule has 1 fully saturated rings. The van der Waals surface area contributed by atoms with Gasteiger partial charge in [0.2, 0.25) is 0 Å². The molecule has 0 saturated carbocycles. The zero-order valence-corrected chi connectivity index (χ0v) is 6.49. The molecule has 0 amide bonds. The Morgan fingerprint density at radius 1 is 1.75 bits per heavy atom. The molecule has 4 heteroatoms. The van der Waals surface area contributed by atoms with Gasteiger partial charge in [0.05, 0.1) is 6.61 Å². The fraction of sp³-hybridized carbons (Fsp3) is 0.625. The van der Waals surface area contributed by atoms with Gasteiger partial charge in [-0.25, -0.2) is 4.79 Å². The summed E-state index contributed by atoms with van der Waals surface area (Å²) in [5.74, 6) is 1.10. The van der Waals surface area contributed by atoms with Crippen LogP contribution in [-0.4, -0.2) is 34.5 Å². The number of aliphatic carboxylic acids is 1. The Balaban J connectivity index is 2.64. The van der Waals surface area contributed by atoms with Gasteiger partial charge in [0.1, 0.15) is 5.60 Å². The van der Waals surface area contributed by atoms with Crippen molar-refractivity contribution < 1.29 is 19.7 Å². The van der Waals surface area contributed by atoms with Crippen LogP contribution in [0.4, 0.5) is 0 Å². The van der Waals surface area contributed by atoms with Gasteiger partial charge in [0, 0.05) is 12.8 Å². The first-order valence-electron chi connectivity index (χ1n) is 3.62. The molecule has 2 unspecified atom stereocenters. The van der Waals surface area contributed by atoms with E-state index in [1.807, 2.05) is 0 Å². The van der Waals surface area contributed by atoms with Crippen LogP contribution in [0.15, 0.2) is 0 Å². The van der Waals surface area contributed by atoms with Crippen molar-refractivity contribution in [3.63, 3.8) is 0 Å². The average Bonchev–Trinajstić information content (AvgIpc) is 2.05. The fourth-order valence-corrected chi connectivity index (χ4v) is 1.13. The van der Waals surface area contributed by atoms with Gasteiger partial charge < -0.3 is 14.9 Å². The molecule has 1 rings (SSSR count). The number of ether oxygens (including phenoxy) is 1. The molecule has 0 aliphatic carbocycles. The lowest BCUT2D eigenvalue weighted by Gasteiger charge is -2.30. The second-order valence-corrected chi connectivity index (χ2v) is 2.83. The fourth-order valence-electron chi connectivity index (χ4n) is 1.13. The van der Waals surface area contributed by atoms with Crippen molar-refractivity contribution in [2.24, 2.45) is 0 Å². The molecule has 1 saturated heterocycles. The molecule has 0 aromatic rings. The van der Waals surface area contributed by atoms with Crippen LogP contribution in [0.5, 0.6) is 0 Å². The highest BCUT2D eigenvalue weighted by Gasteiger charge is 2.36. The normalized spacial score (nSPS) is 35.5. The first-order valence-corrected chi connectivity index (χ1v) is 3.62. The Morgan fingerprint density at radius 2 is 2.42 bits per heavy atom. The second-order valence-electron chi connectivity index (χ2n) is 2.83. The molecule has 1 heterocycles. The van der Waals surface area contributed by atoms with Crippen LogP contribution in [-0.2, 0) is 9.53 Å². The molecule has 0 bridgehead atoms. The molecule has 2 N–H and O–H groups in total. The van der Waals surface area contributed by atoms with Crippen molar-refractivity contribution in [3.05, 3.63) is 0 Å². The summed E-state index contributed by atoms with van der Waals surface area (Å²) in [6.07, 6.45) is 4.35. The van der Waals surface area contributed by atoms with E-state index in [4.69, 9.17) is 16.3 Å². The largest absolute Gasteiger partial charge is 0.479 e. The predicted molar refractivity (Wildman–Crippen MR) is 40.4 cm³/mol. The lowest BCUT2D eigenvalue weighted by Crippen LogP contribution is -2.42. The van der Waals surface area contributed by atoms with Crippen LogP contribution in [0, 0.1) is 12.3 Å². The number of carboxylic acid groups (broad SMARTS) is 1. The average molecular weight is 170 g/mol. The van der Waals surface area contributed by atoms with Crippen LogP contribution >= 0.6 is 0 Å². The Labute approximate surface area is 70.2 Å². The smallest absolute Gasteiger partial charge is 0.332 e. The SMILES string of the molecule is C#CC1(O)CCOC(C(=O)O)C1. The van der Waals surface area contributed by atoms with Crippen LogP contribution in [0.25, 0.3) is 0 Å². The third-order valence-corrected chi connectivity index (χ3v) is 1.90. The third kappa shape index (κ3) is 1.76. The van der Waals surface area contributed by atoms with Crippen LogP contribution in [0.2, 0.25) is 0 Å². The third-order valence-electron chi connectivity index (χ3n) is 1.90. The molecule has 66 valence electrons. The Morgan fingerprint density at radius 3 is 2.92 bits per heavy atom. The summed E-state index contributed by atoms with van der Waals surface area (Å²) in [5.41, 5.74) is -1.30. The zero-order chi connectivity index (χ0) is 9.19. The standard InChI is InChI=1S/C8H10O4/c1-2-8(11)3-4-12-6(5-8)7(9)10/h1,6,11H,3-5H2,(H,9,10). The van der Waals surface area contributed by atoms with Crippen LogP contribution in [0.1, 0.15) is 12.8 Å². The molecule has 0 aromatic carbocycles. The van der Waals surface area contributed by atoms with E-state index in [0.29, 0.717) is 6.42 Å². The molecule has 0 spiro atoms. The first-order chi connectivity index (χ1) is 5.57. The molecular formula is C8H10O4. The van der Waals surface area contributed by atoms with Crippen LogP contribution in [0.3, 0.4) is 0 Å². The molecule has 0 radical (unpaired) electrons. The molecule has 2 atom stereocenters. The summed E-state index contributed by atoms with van der Waals surface area (Å²) >= 11 is 0. The minimum atomic E-state index is -1.30. The Bertz CT molecular complexity index is 230. The van der Waals surface area contributed by atoms with E-state index in [0.717, 1.165) is 0 Å². The number of carbonyl (C=O) groups is 1. The van der Waals surface area contributed by atoms with Gasteiger partial charge in [0.15, 0.2) is 6.10 Å². The predicted octanol–water partition coefficient (Wildman–Crippen LogP) is -0.386. The van der Waals surface area contributed by atoms with Gasteiger partial charge in [-0.3, -0.25) is 0 Å². The van der Waals surface area contributed by atoms with E-state index in [1.165, 1.54) is 0 Å². The van der Waals surface area contributed by atoms with E-state index in [9.17, 15) is 9.90 Å². The Hall–Kier alpha value is -1.05. The molecule has 1 aliphatic rings. The highest BCUT2D eigenvalue weighted by atomic mass is 16.5. The van der Waals surface area contributed by atoms with Crippen molar-refractivity contribution in [2.75, 3.05) is 6.61 Å². The van der Waals surface area contributed by atoms with Crippen molar-refractivity contribution >= 4 is 5.97 Å². The number of hydrogen-bond donors (Lipinski definition) is 2. The van der Waals surface area contributed by atoms with E-state index in [2.05, 4.69) is 5.92 Å². The summed E-state index contributed by atoms with van der Waals surface area (Å²) in [6.45, 7) is 0.192. The van der Waals surface area contributed by atoms with Crippen molar-refractivity contribution in [3.8, 4) is 12.3 Å². The van der Waals surface area contributed by atoms with Gasteiger partial charge in [-0.2, -0.15) is 0 Å². The lowest BCUT2D eigenvalue weighted by molar-refractivity contribution is -0.160. The molecule has 1 aliphatic heterocycles. The van der Waals surface area contributed by atoms with E-state index >= 15 is 0 Å². The molecule has 0 aromatic heterocycles. The minimum Gasteiger partial charge on any atom is -0.479 e. The monoisotopic (exact) mass is 170 g/mol. The quantitative estimate of drug-likeness (QED) is 0.526. The van der Waals surface area contributed by atoms with Crippen molar-refractivity contribution in [1.82, 2.24) is 0 Å². The van der Waals surface area contributed by atoms with Gasteiger partial charge in [-0.15, -0.1) is 6.42 Å². The summed E-state index contributed by atoms with van der Waals surface area (Å²) in [4.78, 5) is 10.5. The number of rotatable bonds is 1. The van der Waals surface area contributed by atoms with E-state index < -0.39 is 17.7 Å². The van der Waals surface area contributed by atoms with Gasteiger partial charge in [-0.05, 0) is 0 Å². The maximum Gasteiger partial charge on any atom is 0.332 e. The Kier molecular flexibility index (Phi) is 2.36. The summed E-state index contributed by atoms with van der Waals surface area (Å²) in [7, 11) is 0. The van der Waals surface area contributed by atoms with Crippen molar-refractivity contribution in [1.29, 1.82) is 0 Å². The number of aliphatic hydroxyl groups is 1. The number of terminal acetylenes is 1. The first kappa shape index (κ1) is 9.04. The summed E-state index contributed by atoms with van der Waals surface area (Å²) < 4.78 is 4.88. The molecule has 12 heavy (non-hydrogen) atoms. The van der Waals surface area contributed by atoms with E-state index in [-0.39, 0.29) is 13.0 Å². The van der Waals surface area contributed by atoms with Gasteiger partial charge in [-0.1, -0.05) is 5.92 Å². The summed E-state index contributed by atoms with van der Waals surface area (Å²) in [5, 5.41) is 18.1. The van der Waals surface area contributed by atoms with Gasteiger partial charge in [0.25, 0.3) is 0 Å². The summed E-state index contributed by atoms with van der Waals surface area (Å²) in [6, 6.07) is 0. The van der Waals surface area contributed by atoms with Gasteiger partial charge >= 0.3 is 5.97 Å². The van der Waals surface area contributed by atoms with Crippen LogP contribution < -0.4 is 0 Å². The maximum absolute atomic E-state index is 10.5. The minimum absolute atomic E-state index is 0.0289. The molecular weight excluding hydrogens is 160 g/mol. The zero-order valence-electron chi connectivity index (χ0n) is 6.49. The van der Waals surface area contributed by atoms with Crippen molar-refractivity contribution in [2.45, 2.75) is 24.5 Å². The van der Waals surface area contributed by atoms with E-state index in [1.54, 1.807) is 0 Å². The highest BCUT2D eigenvalue weighted by Crippen LogP contribution is 2.23. The molecule has 4 nitrogen and oxygen atoms in total. The number of carboxylic acids is 1. The lowest BCUT2D eigenvalue weighted by atomic mass is 9.91. The maximum atomic E-state index is 10.5. The second kappa shape index (κ2) is 3.13. The topological polar surface area (TPSA) is 66.8 Å². The highest BCUT2D eigenvalue weighted by molar-refractivity contribution is 5.72. The number of hydrogen-bond acceptors (Lipinski definition) is 3.